The van der Waals surface area contributed by atoms with Crippen LogP contribution in [0.2, 0.25) is 3.93 Å². The van der Waals surface area contributed by atoms with Gasteiger partial charge in [-0.3, -0.25) is 0 Å². The van der Waals surface area contributed by atoms with Crippen molar-refractivity contribution in [3.8, 4) is 0 Å². The summed E-state index contributed by atoms with van der Waals surface area (Å²) in [6.07, 6.45) is -15.3. The van der Waals surface area contributed by atoms with Crippen LogP contribution in [-0.2, 0) is 9.22 Å². The van der Waals surface area contributed by atoms with Crippen LogP contribution in [0, 0.1) is 0 Å². The van der Waals surface area contributed by atoms with Crippen molar-refractivity contribution in [3.05, 3.63) is 0 Å². The number of hydrogen-bond acceptors (Lipinski definition) is 3. The van der Waals surface area contributed by atoms with Gasteiger partial charge in [0.05, 0.1) is 0 Å². The van der Waals surface area contributed by atoms with Crippen molar-refractivity contribution in [2.45, 2.75) is 94.7 Å². The van der Waals surface area contributed by atoms with Gasteiger partial charge in [-0.2, -0.15) is 0 Å². The Bertz CT molecular complexity index is 465. The molecular weight excluding hydrogens is 518 g/mol. The summed E-state index contributed by atoms with van der Waals surface area (Å²) >= 11 is -6.26. The summed E-state index contributed by atoms with van der Waals surface area (Å²) in [6.45, 7) is 5.20. The van der Waals surface area contributed by atoms with Gasteiger partial charge in [0.1, 0.15) is 0 Å². The first-order valence-corrected chi connectivity index (χ1v) is 13.3. The fourth-order valence-electron chi connectivity index (χ4n) is 1.66. The van der Waals surface area contributed by atoms with Gasteiger partial charge in [-0.25, -0.2) is 0 Å². The van der Waals surface area contributed by atoms with Gasteiger partial charge < -0.3 is 0 Å². The van der Waals surface area contributed by atoms with Crippen LogP contribution < -0.4 is 0 Å². The summed E-state index contributed by atoms with van der Waals surface area (Å²) in [5.74, 6) is 0. The van der Waals surface area contributed by atoms with E-state index in [1.807, 2.05) is 0 Å². The van der Waals surface area contributed by atoms with Crippen LogP contribution >= 0.6 is 0 Å². The predicted molar refractivity (Wildman–Crippen MR) is 84.5 cm³/mol. The van der Waals surface area contributed by atoms with Crippen molar-refractivity contribution in [1.29, 1.82) is 0 Å². The van der Waals surface area contributed by atoms with E-state index in [0.29, 0.717) is 41.5 Å². The molecule has 0 saturated heterocycles. The Kier molecular flexibility index (Phi) is 7.96. The fraction of sp³-hybridized carbons (Fsp3) is 1.00. The Balaban J connectivity index is 6.54. The topological polar surface area (TPSA) is 27.7 Å². The average molecular weight is 543 g/mol. The molecule has 0 aromatic heterocycles. The molecule has 170 valence electrons. The second kappa shape index (κ2) is 7.95. The van der Waals surface area contributed by atoms with E-state index in [-0.39, 0.29) is 0 Å². The van der Waals surface area contributed by atoms with Gasteiger partial charge >= 0.3 is 163 Å². The summed E-state index contributed by atoms with van der Waals surface area (Å²) in [5, 5.41) is 0. The van der Waals surface area contributed by atoms with Gasteiger partial charge in [0.2, 0.25) is 0 Å². The third kappa shape index (κ3) is 6.27. The molecular formula is C15H25F9O3Sn. The van der Waals surface area contributed by atoms with Crippen LogP contribution in [0.25, 0.3) is 0 Å². The normalized spacial score (nSPS) is 16.1. The summed E-state index contributed by atoms with van der Waals surface area (Å²) < 4.78 is 133. The molecule has 0 aromatic rings. The molecule has 0 N–H and O–H groups in total. The van der Waals surface area contributed by atoms with Crippen LogP contribution in [0.15, 0.2) is 0 Å². The fourth-order valence-corrected chi connectivity index (χ4v) is 11.1. The zero-order valence-electron chi connectivity index (χ0n) is 16.7. The van der Waals surface area contributed by atoms with Gasteiger partial charge in [0, 0.05) is 0 Å². The van der Waals surface area contributed by atoms with Crippen molar-refractivity contribution in [2.24, 2.45) is 0 Å². The number of hydrogen-bond donors (Lipinski definition) is 0. The molecule has 0 heterocycles. The van der Waals surface area contributed by atoms with Crippen molar-refractivity contribution >= 4 is 19.6 Å². The summed E-state index contributed by atoms with van der Waals surface area (Å²) in [6, 6.07) is 0. The van der Waals surface area contributed by atoms with E-state index in [1.54, 1.807) is 0 Å². The molecule has 28 heavy (non-hydrogen) atoms. The molecule has 0 rings (SSSR count). The molecule has 0 bridgehead atoms. The first-order chi connectivity index (χ1) is 11.8. The molecule has 0 spiro atoms. The quantitative estimate of drug-likeness (QED) is 0.275. The first-order valence-electron chi connectivity index (χ1n) is 8.12. The van der Waals surface area contributed by atoms with Crippen molar-refractivity contribution in [3.63, 3.8) is 0 Å². The van der Waals surface area contributed by atoms with E-state index in [1.165, 1.54) is 0 Å². The number of rotatable bonds is 7. The van der Waals surface area contributed by atoms with Crippen LogP contribution in [0.4, 0.5) is 39.5 Å². The molecule has 0 aliphatic carbocycles. The van der Waals surface area contributed by atoms with E-state index in [9.17, 15) is 39.5 Å². The monoisotopic (exact) mass is 544 g/mol. The van der Waals surface area contributed by atoms with Crippen LogP contribution in [-0.4, -0.2) is 55.0 Å². The number of alkyl halides is 9. The Morgan fingerprint density at radius 2 is 0.679 bits per heavy atom. The average Bonchev–Trinajstić information content (AvgIpc) is 2.31. The molecule has 0 radical (unpaired) electrons. The first kappa shape index (κ1) is 28.0. The standard InChI is InChI=1S/3C4H6F3O.C3H7.Sn/c3*1-3(2,8)4(5,6)7;1-3-2;/h3*1-2H3;3H,1-2H3;/q3*-1;;+3. The zero-order valence-corrected chi connectivity index (χ0v) is 19.6. The van der Waals surface area contributed by atoms with Gasteiger partial charge in [-0.1, -0.05) is 0 Å². The van der Waals surface area contributed by atoms with Crippen molar-refractivity contribution in [2.75, 3.05) is 0 Å². The predicted octanol–water partition coefficient (Wildman–Crippen LogP) is 6.41. The number of halogens is 9. The van der Waals surface area contributed by atoms with E-state index in [0.717, 1.165) is 13.8 Å². The Labute approximate surface area is 163 Å². The molecule has 13 heteroatoms. The van der Waals surface area contributed by atoms with Gasteiger partial charge in [-0.05, 0) is 0 Å². The molecule has 0 fully saturated rings. The Morgan fingerprint density at radius 1 is 0.500 bits per heavy atom. The third-order valence-corrected chi connectivity index (χ3v) is 14.8. The molecule has 0 aliphatic heterocycles. The second-order valence-corrected chi connectivity index (χ2v) is 16.6. The second-order valence-electron chi connectivity index (χ2n) is 8.09. The maximum atomic E-state index is 13.3. The van der Waals surface area contributed by atoms with E-state index < -0.39 is 58.9 Å². The van der Waals surface area contributed by atoms with Crippen LogP contribution in [0.5, 0.6) is 0 Å². The minimum atomic E-state index is -6.26. The van der Waals surface area contributed by atoms with Crippen LogP contribution in [0.1, 0.15) is 55.4 Å². The minimum absolute atomic E-state index is 0.495. The summed E-state index contributed by atoms with van der Waals surface area (Å²) in [7, 11) is 0. The van der Waals surface area contributed by atoms with Gasteiger partial charge in [-0.15, -0.1) is 0 Å². The van der Waals surface area contributed by atoms with Crippen molar-refractivity contribution in [1.82, 2.24) is 0 Å². The molecule has 0 aromatic carbocycles. The van der Waals surface area contributed by atoms with E-state index in [4.69, 9.17) is 9.22 Å². The molecule has 3 nitrogen and oxygen atoms in total. The zero-order chi connectivity index (χ0) is 23.2. The van der Waals surface area contributed by atoms with E-state index in [2.05, 4.69) is 0 Å². The molecule has 0 atom stereocenters. The Hall–Kier alpha value is 0.0487. The SMILES string of the molecule is C[CH](C)[Sn]([O]C(C)(C)C(F)(F)F)([O]C(C)(C)C(F)(F)F)[O]C(C)(C)C(F)(F)F. The van der Waals surface area contributed by atoms with E-state index >= 15 is 0 Å². The van der Waals surface area contributed by atoms with Crippen LogP contribution in [0.3, 0.4) is 0 Å². The molecule has 0 unspecified atom stereocenters. The third-order valence-electron chi connectivity index (χ3n) is 3.95. The summed E-state index contributed by atoms with van der Waals surface area (Å²) in [4.78, 5) is 0. The summed E-state index contributed by atoms with van der Waals surface area (Å²) in [5.41, 5.74) is -9.30. The molecule has 0 aliphatic rings. The van der Waals surface area contributed by atoms with Gasteiger partial charge in [0.25, 0.3) is 0 Å². The Morgan fingerprint density at radius 3 is 0.786 bits per heavy atom. The van der Waals surface area contributed by atoms with Crippen molar-refractivity contribution < 1.29 is 48.7 Å². The molecule has 0 saturated carbocycles. The maximum absolute atomic E-state index is 13.3. The van der Waals surface area contributed by atoms with Gasteiger partial charge in [0.15, 0.2) is 0 Å². The molecule has 0 amide bonds.